The van der Waals surface area contributed by atoms with Gasteiger partial charge >= 0.3 is 5.97 Å². The van der Waals surface area contributed by atoms with Crippen LogP contribution in [0.25, 0.3) is 0 Å². The molecule has 1 aromatic heterocycles. The van der Waals surface area contributed by atoms with Crippen molar-refractivity contribution in [3.63, 3.8) is 0 Å². The Labute approximate surface area is 92.2 Å². The Morgan fingerprint density at radius 3 is 2.67 bits per heavy atom. The molecule has 0 amide bonds. The Balaban J connectivity index is 3.22. The van der Waals surface area contributed by atoms with Gasteiger partial charge in [0.05, 0.1) is 6.61 Å². The van der Waals surface area contributed by atoms with Crippen molar-refractivity contribution in [2.75, 3.05) is 6.61 Å². The Kier molecular flexibility index (Phi) is 3.90. The van der Waals surface area contributed by atoms with E-state index in [2.05, 4.69) is 5.10 Å². The Morgan fingerprint density at radius 2 is 2.27 bits per heavy atom. The zero-order chi connectivity index (χ0) is 11.4. The average molecular weight is 229 g/mol. The van der Waals surface area contributed by atoms with E-state index in [0.717, 1.165) is 12.2 Å². The lowest BCUT2D eigenvalue weighted by molar-refractivity contribution is 0.0530. The molecule has 1 aromatic rings. The summed E-state index contributed by atoms with van der Waals surface area (Å²) in [7, 11) is 0. The van der Waals surface area contributed by atoms with Gasteiger partial charge in [0.1, 0.15) is 4.88 Å². The summed E-state index contributed by atoms with van der Waals surface area (Å²) in [6.07, 6.45) is 0. The molecule has 1 heterocycles. The van der Waals surface area contributed by atoms with Crippen molar-refractivity contribution in [1.29, 1.82) is 0 Å². The number of ether oxygens (including phenoxy) is 1. The van der Waals surface area contributed by atoms with E-state index >= 15 is 0 Å². The fourth-order valence-electron chi connectivity index (χ4n) is 1.34. The van der Waals surface area contributed by atoms with Gasteiger partial charge in [0.15, 0.2) is 0 Å². The number of esters is 1. The predicted molar refractivity (Wildman–Crippen MR) is 58.4 cm³/mol. The van der Waals surface area contributed by atoms with E-state index in [1.54, 1.807) is 6.92 Å². The number of rotatable bonds is 3. The molecule has 0 saturated carbocycles. The number of carbonyl (C=O) groups excluding carboxylic acids is 1. The van der Waals surface area contributed by atoms with Crippen LogP contribution in [0.3, 0.4) is 0 Å². The molecule has 0 saturated heterocycles. The number of aromatic nitrogens is 1. The second kappa shape index (κ2) is 4.97. The number of thiazole rings is 1. The Morgan fingerprint density at radius 1 is 1.60 bits per heavy atom. The third-order valence-electron chi connectivity index (χ3n) is 2.05. The lowest BCUT2D eigenvalue weighted by Crippen LogP contribution is -2.16. The summed E-state index contributed by atoms with van der Waals surface area (Å²) in [4.78, 5) is 12.8. The molecular weight excluding hydrogens is 214 g/mol. The van der Waals surface area contributed by atoms with Crippen molar-refractivity contribution in [2.24, 2.45) is 10.9 Å². The highest BCUT2D eigenvalue weighted by Crippen LogP contribution is 2.13. The van der Waals surface area contributed by atoms with Crippen LogP contribution >= 0.6 is 11.3 Å². The van der Waals surface area contributed by atoms with Gasteiger partial charge in [-0.2, -0.15) is 5.10 Å². The van der Waals surface area contributed by atoms with E-state index in [4.69, 9.17) is 10.6 Å². The molecule has 1 rings (SSSR count). The largest absolute Gasteiger partial charge is 0.462 e. The van der Waals surface area contributed by atoms with Gasteiger partial charge in [-0.1, -0.05) is 11.3 Å². The van der Waals surface area contributed by atoms with Crippen LogP contribution in [0.2, 0.25) is 0 Å². The van der Waals surface area contributed by atoms with Crippen LogP contribution in [-0.2, 0) is 11.3 Å². The highest BCUT2D eigenvalue weighted by Gasteiger charge is 2.16. The molecule has 0 bridgehead atoms. The second-order valence-corrected chi connectivity index (χ2v) is 3.87. The van der Waals surface area contributed by atoms with Crippen molar-refractivity contribution in [3.05, 3.63) is 15.4 Å². The van der Waals surface area contributed by atoms with E-state index in [1.165, 1.54) is 11.3 Å². The molecule has 0 aromatic carbocycles. The number of nitrogens with zero attached hydrogens (tertiary/aromatic N) is 2. The summed E-state index contributed by atoms with van der Waals surface area (Å²) in [5, 5.41) is 3.64. The van der Waals surface area contributed by atoms with Gasteiger partial charge in [-0.15, -0.1) is 0 Å². The maximum absolute atomic E-state index is 11.6. The minimum atomic E-state index is -0.308. The molecule has 2 N–H and O–H groups in total. The van der Waals surface area contributed by atoms with Gasteiger partial charge in [-0.25, -0.2) is 4.79 Å². The fourth-order valence-corrected chi connectivity index (χ4v) is 2.35. The van der Waals surface area contributed by atoms with Crippen LogP contribution in [0.5, 0.6) is 0 Å². The maximum atomic E-state index is 11.6. The number of hydrogen-bond acceptors (Lipinski definition) is 5. The molecule has 0 aliphatic rings. The molecule has 84 valence electrons. The summed E-state index contributed by atoms with van der Waals surface area (Å²) >= 11 is 1.26. The van der Waals surface area contributed by atoms with Gasteiger partial charge in [-0.3, -0.25) is 0 Å². The third-order valence-corrected chi connectivity index (χ3v) is 3.22. The molecule has 0 aliphatic heterocycles. The van der Waals surface area contributed by atoms with Gasteiger partial charge in [-0.05, 0) is 20.8 Å². The fraction of sp³-hybridized carbons (Fsp3) is 0.556. The van der Waals surface area contributed by atoms with Gasteiger partial charge in [0.25, 0.3) is 0 Å². The number of nitrogens with two attached hydrogens (primary N) is 1. The van der Waals surface area contributed by atoms with Crippen LogP contribution in [-0.4, -0.2) is 17.1 Å². The van der Waals surface area contributed by atoms with Gasteiger partial charge < -0.3 is 15.1 Å². The van der Waals surface area contributed by atoms with Crippen molar-refractivity contribution in [3.8, 4) is 0 Å². The molecule has 0 fully saturated rings. The smallest absolute Gasteiger partial charge is 0.350 e. The van der Waals surface area contributed by atoms with Crippen LogP contribution in [0.4, 0.5) is 0 Å². The standard InChI is InChI=1S/C9H15N3O2S/c1-4-12-6(3)7(8(13)14-5-2)15-9(12)11-10/h4-5,10H2,1-3H3. The van der Waals surface area contributed by atoms with E-state index in [1.807, 2.05) is 18.4 Å². The Bertz CT molecular complexity index is 419. The van der Waals surface area contributed by atoms with Crippen LogP contribution in [0.1, 0.15) is 29.2 Å². The van der Waals surface area contributed by atoms with E-state index in [0.29, 0.717) is 16.3 Å². The molecule has 0 spiro atoms. The maximum Gasteiger partial charge on any atom is 0.350 e. The third kappa shape index (κ3) is 2.20. The first kappa shape index (κ1) is 11.8. The van der Waals surface area contributed by atoms with E-state index in [9.17, 15) is 4.79 Å². The molecular formula is C9H15N3O2S. The first-order valence-corrected chi connectivity index (χ1v) is 5.58. The normalized spacial score (nSPS) is 11.8. The number of carbonyl (C=O) groups is 1. The first-order valence-electron chi connectivity index (χ1n) is 4.76. The molecule has 0 aliphatic carbocycles. The molecule has 15 heavy (non-hydrogen) atoms. The van der Waals surface area contributed by atoms with Gasteiger partial charge in [0.2, 0.25) is 4.80 Å². The van der Waals surface area contributed by atoms with Crippen molar-refractivity contribution >= 4 is 17.3 Å². The molecule has 0 atom stereocenters. The van der Waals surface area contributed by atoms with E-state index < -0.39 is 0 Å². The monoisotopic (exact) mass is 229 g/mol. The molecule has 5 nitrogen and oxygen atoms in total. The summed E-state index contributed by atoms with van der Waals surface area (Å²) in [5.74, 6) is 4.94. The van der Waals surface area contributed by atoms with Crippen molar-refractivity contribution in [1.82, 2.24) is 4.57 Å². The quantitative estimate of drug-likeness (QED) is 0.474. The SMILES string of the molecule is CCOC(=O)c1sc(=NN)n(CC)c1C. The minimum absolute atomic E-state index is 0.308. The predicted octanol–water partition coefficient (Wildman–Crippen LogP) is 0.829. The summed E-state index contributed by atoms with van der Waals surface area (Å²) < 4.78 is 6.83. The molecule has 0 unspecified atom stereocenters. The lowest BCUT2D eigenvalue weighted by atomic mass is 10.4. The molecule has 6 heteroatoms. The zero-order valence-electron chi connectivity index (χ0n) is 9.11. The highest BCUT2D eigenvalue weighted by molar-refractivity contribution is 7.11. The van der Waals surface area contributed by atoms with Crippen molar-refractivity contribution < 1.29 is 9.53 Å². The van der Waals surface area contributed by atoms with Crippen LogP contribution < -0.4 is 10.6 Å². The van der Waals surface area contributed by atoms with Crippen LogP contribution in [0.15, 0.2) is 5.10 Å². The summed E-state index contributed by atoms with van der Waals surface area (Å²) in [6, 6.07) is 0. The first-order chi connectivity index (χ1) is 7.15. The Hall–Kier alpha value is -1.30. The molecule has 0 radical (unpaired) electrons. The topological polar surface area (TPSA) is 69.6 Å². The zero-order valence-corrected chi connectivity index (χ0v) is 9.93. The van der Waals surface area contributed by atoms with Gasteiger partial charge in [0, 0.05) is 12.2 Å². The number of hydrogen-bond donors (Lipinski definition) is 1. The minimum Gasteiger partial charge on any atom is -0.462 e. The highest BCUT2D eigenvalue weighted by atomic mass is 32.1. The summed E-state index contributed by atoms with van der Waals surface area (Å²) in [5.41, 5.74) is 0.852. The average Bonchev–Trinajstić information content (AvgIpc) is 2.55. The van der Waals surface area contributed by atoms with Crippen LogP contribution in [0, 0.1) is 6.92 Å². The van der Waals surface area contributed by atoms with Crippen molar-refractivity contribution in [2.45, 2.75) is 27.3 Å². The second-order valence-electron chi connectivity index (χ2n) is 2.89. The summed E-state index contributed by atoms with van der Waals surface area (Å²) in [6.45, 7) is 6.72. The lowest BCUT2D eigenvalue weighted by Gasteiger charge is -2.02. The van der Waals surface area contributed by atoms with E-state index in [-0.39, 0.29) is 5.97 Å².